The lowest BCUT2D eigenvalue weighted by Crippen LogP contribution is -2.27. The maximum absolute atomic E-state index is 12.9. The molecule has 1 aliphatic rings. The minimum Gasteiger partial charge on any atom is -0.372 e. The molecule has 1 aromatic heterocycles. The molecule has 0 radical (unpaired) electrons. The van der Waals surface area contributed by atoms with Gasteiger partial charge in [-0.1, -0.05) is 20.8 Å². The van der Waals surface area contributed by atoms with Crippen LogP contribution in [0.4, 0.5) is 11.4 Å². The van der Waals surface area contributed by atoms with Crippen LogP contribution in [0.2, 0.25) is 0 Å². The van der Waals surface area contributed by atoms with E-state index in [1.807, 2.05) is 26.0 Å². The van der Waals surface area contributed by atoms with Crippen LogP contribution >= 0.6 is 0 Å². The van der Waals surface area contributed by atoms with Crippen LogP contribution in [0.25, 0.3) is 0 Å². The van der Waals surface area contributed by atoms with E-state index in [0.717, 1.165) is 30.0 Å². The summed E-state index contributed by atoms with van der Waals surface area (Å²) in [7, 11) is 0. The van der Waals surface area contributed by atoms with Crippen LogP contribution in [-0.2, 0) is 6.42 Å². The molecule has 0 bridgehead atoms. The number of aliphatic imine (C=N–C) groups is 1. The van der Waals surface area contributed by atoms with Crippen molar-refractivity contribution in [2.45, 2.75) is 53.9 Å². The third-order valence-electron chi connectivity index (χ3n) is 5.11. The average molecular weight is 380 g/mol. The highest BCUT2D eigenvalue weighted by Crippen LogP contribution is 2.23. The fourth-order valence-corrected chi connectivity index (χ4v) is 3.56. The minimum absolute atomic E-state index is 0.0855. The minimum atomic E-state index is -0.0855. The second kappa shape index (κ2) is 8.09. The fourth-order valence-electron chi connectivity index (χ4n) is 3.56. The maximum Gasteiger partial charge on any atom is 0.277 e. The number of hydrogen-bond acceptors (Lipinski definition) is 5. The Kier molecular flexibility index (Phi) is 5.77. The molecule has 0 spiro atoms. The van der Waals surface area contributed by atoms with Crippen molar-refractivity contribution >= 4 is 22.8 Å². The normalized spacial score (nSPS) is 14.5. The maximum atomic E-state index is 12.9. The summed E-state index contributed by atoms with van der Waals surface area (Å²) in [5.41, 5.74) is 4.87. The molecule has 2 heterocycles. The zero-order chi connectivity index (χ0) is 20.4. The summed E-state index contributed by atoms with van der Waals surface area (Å²) in [6.45, 7) is 14.2. The van der Waals surface area contributed by atoms with Crippen LogP contribution in [-0.4, -0.2) is 34.2 Å². The van der Waals surface area contributed by atoms with Gasteiger partial charge in [0.25, 0.3) is 5.56 Å². The molecule has 6 heteroatoms. The van der Waals surface area contributed by atoms with E-state index >= 15 is 0 Å². The first-order chi connectivity index (χ1) is 13.4. The number of nitrogens with zero attached hydrogens (tertiary/aromatic N) is 5. The standard InChI is InChI=1S/C22H29N5O/c1-7-18-19(14(4)5)24-21-20(15(6)25-27(21)22(18)28)23-16-10-12-17(13-11-16)26(8-2)9-3/h10-14H,7-9H2,1-6H3. The molecule has 1 aromatic carbocycles. The lowest BCUT2D eigenvalue weighted by molar-refractivity contribution is 0.717. The molecular weight excluding hydrogens is 350 g/mol. The first-order valence-electron chi connectivity index (χ1n) is 10.1. The van der Waals surface area contributed by atoms with E-state index in [1.54, 1.807) is 0 Å². The van der Waals surface area contributed by atoms with Crippen LogP contribution in [0.15, 0.2) is 39.2 Å². The van der Waals surface area contributed by atoms with Crippen LogP contribution in [0.3, 0.4) is 0 Å². The molecule has 0 atom stereocenters. The second-order valence-electron chi connectivity index (χ2n) is 7.26. The van der Waals surface area contributed by atoms with Gasteiger partial charge in [-0.2, -0.15) is 9.78 Å². The van der Waals surface area contributed by atoms with Gasteiger partial charge in [-0.3, -0.25) is 4.79 Å². The summed E-state index contributed by atoms with van der Waals surface area (Å²) in [4.78, 5) is 24.8. The third-order valence-corrected chi connectivity index (χ3v) is 5.11. The third kappa shape index (κ3) is 3.51. The molecule has 6 nitrogen and oxygen atoms in total. The van der Waals surface area contributed by atoms with E-state index < -0.39 is 0 Å². The van der Waals surface area contributed by atoms with Gasteiger partial charge in [-0.05, 0) is 57.4 Å². The fraction of sp³-hybridized carbons (Fsp3) is 0.455. The van der Waals surface area contributed by atoms with E-state index in [1.165, 1.54) is 10.4 Å². The lowest BCUT2D eigenvalue weighted by Gasteiger charge is -2.20. The first kappa shape index (κ1) is 20.0. The number of rotatable bonds is 6. The zero-order valence-electron chi connectivity index (χ0n) is 17.7. The van der Waals surface area contributed by atoms with Gasteiger partial charge in [0, 0.05) is 24.3 Å². The molecule has 0 N–H and O–H groups in total. The number of hydrogen-bond donors (Lipinski definition) is 0. The molecule has 1 aliphatic heterocycles. The summed E-state index contributed by atoms with van der Waals surface area (Å²) in [5.74, 6) is 0.709. The van der Waals surface area contributed by atoms with Crippen molar-refractivity contribution in [2.24, 2.45) is 10.1 Å². The monoisotopic (exact) mass is 379 g/mol. The van der Waals surface area contributed by atoms with Crippen molar-refractivity contribution in [3.8, 4) is 0 Å². The number of anilines is 1. The van der Waals surface area contributed by atoms with Crippen LogP contribution < -0.4 is 10.5 Å². The van der Waals surface area contributed by atoms with Crippen molar-refractivity contribution in [1.29, 1.82) is 0 Å². The Morgan fingerprint density at radius 3 is 2.29 bits per heavy atom. The smallest absolute Gasteiger partial charge is 0.277 e. The summed E-state index contributed by atoms with van der Waals surface area (Å²) in [5, 5.41) is 4.43. The van der Waals surface area contributed by atoms with E-state index in [0.29, 0.717) is 23.7 Å². The van der Waals surface area contributed by atoms with Crippen molar-refractivity contribution in [2.75, 3.05) is 18.0 Å². The molecule has 0 saturated carbocycles. The molecule has 0 saturated heterocycles. The highest BCUT2D eigenvalue weighted by atomic mass is 16.1. The molecule has 28 heavy (non-hydrogen) atoms. The molecular formula is C22H29N5O. The second-order valence-corrected chi connectivity index (χ2v) is 7.26. The summed E-state index contributed by atoms with van der Waals surface area (Å²) in [6.07, 6.45) is 0.646. The van der Waals surface area contributed by atoms with Gasteiger partial charge in [0.1, 0.15) is 5.71 Å². The summed E-state index contributed by atoms with van der Waals surface area (Å²) in [6, 6.07) is 8.15. The molecule has 148 valence electrons. The molecule has 2 aromatic rings. The number of fused-ring (bicyclic) bond motifs is 1. The van der Waals surface area contributed by atoms with Gasteiger partial charge in [-0.15, -0.1) is 0 Å². The highest BCUT2D eigenvalue weighted by molar-refractivity contribution is 6.48. The first-order valence-corrected chi connectivity index (χ1v) is 10.1. The van der Waals surface area contributed by atoms with E-state index in [4.69, 9.17) is 9.98 Å². The molecule has 0 fully saturated rings. The van der Waals surface area contributed by atoms with Gasteiger partial charge in [0.15, 0.2) is 5.82 Å². The molecule has 3 rings (SSSR count). The van der Waals surface area contributed by atoms with Gasteiger partial charge < -0.3 is 4.90 Å². The zero-order valence-corrected chi connectivity index (χ0v) is 17.7. The Hall–Kier alpha value is -2.76. The van der Waals surface area contributed by atoms with E-state index in [-0.39, 0.29) is 11.5 Å². The van der Waals surface area contributed by atoms with Crippen molar-refractivity contribution in [1.82, 2.24) is 9.66 Å². The molecule has 0 aliphatic carbocycles. The predicted molar refractivity (Wildman–Crippen MR) is 117 cm³/mol. The van der Waals surface area contributed by atoms with Gasteiger partial charge in [0.2, 0.25) is 0 Å². The number of aromatic nitrogens is 2. The molecule has 0 unspecified atom stereocenters. The van der Waals surface area contributed by atoms with Crippen molar-refractivity contribution in [3.63, 3.8) is 0 Å². The summed E-state index contributed by atoms with van der Waals surface area (Å²) >= 11 is 0. The average Bonchev–Trinajstić information content (AvgIpc) is 3.00. The van der Waals surface area contributed by atoms with Crippen molar-refractivity contribution in [3.05, 3.63) is 51.7 Å². The van der Waals surface area contributed by atoms with Crippen LogP contribution in [0, 0.1) is 0 Å². The van der Waals surface area contributed by atoms with Gasteiger partial charge >= 0.3 is 0 Å². The van der Waals surface area contributed by atoms with Gasteiger partial charge in [0.05, 0.1) is 17.1 Å². The topological polar surface area (TPSA) is 62.9 Å². The summed E-state index contributed by atoms with van der Waals surface area (Å²) < 4.78 is 1.41. The highest BCUT2D eigenvalue weighted by Gasteiger charge is 2.26. The van der Waals surface area contributed by atoms with Crippen molar-refractivity contribution < 1.29 is 0 Å². The number of benzene rings is 1. The Bertz CT molecular complexity index is 979. The quantitative estimate of drug-likeness (QED) is 0.758. The predicted octanol–water partition coefficient (Wildman–Crippen LogP) is 4.13. The van der Waals surface area contributed by atoms with E-state index in [2.05, 4.69) is 49.8 Å². The molecule has 0 amide bonds. The van der Waals surface area contributed by atoms with E-state index in [9.17, 15) is 4.79 Å². The Morgan fingerprint density at radius 1 is 1.11 bits per heavy atom. The Labute approximate surface area is 166 Å². The SMILES string of the molecule is CCc1c(C(C)C)nc2n(c1=O)N=C(C)C2=Nc1ccc(N(CC)CC)cc1. The van der Waals surface area contributed by atoms with Gasteiger partial charge in [-0.25, -0.2) is 9.98 Å². The Balaban J connectivity index is 2.06. The van der Waals surface area contributed by atoms with Crippen LogP contribution in [0.1, 0.15) is 64.5 Å². The van der Waals surface area contributed by atoms with Crippen LogP contribution in [0.5, 0.6) is 0 Å². The Morgan fingerprint density at radius 2 is 1.75 bits per heavy atom. The lowest BCUT2D eigenvalue weighted by atomic mass is 10.0. The largest absolute Gasteiger partial charge is 0.372 e.